The molecule has 0 aliphatic heterocycles. The summed E-state index contributed by atoms with van der Waals surface area (Å²) < 4.78 is 0. The number of hydrogen-bond donors (Lipinski definition) is 0. The molecule has 0 saturated heterocycles. The lowest BCUT2D eigenvalue weighted by molar-refractivity contribution is 0.303. The van der Waals surface area contributed by atoms with E-state index in [1.54, 1.807) is 0 Å². The molecular weight excluding hydrogens is 208 g/mol. The molecule has 0 radical (unpaired) electrons. The summed E-state index contributed by atoms with van der Waals surface area (Å²) in [5.41, 5.74) is 0.769. The molecule has 0 heterocycles. The van der Waals surface area contributed by atoms with Crippen molar-refractivity contribution in [3.63, 3.8) is 0 Å². The Bertz CT molecular complexity index is 376. The van der Waals surface area contributed by atoms with E-state index in [9.17, 15) is 5.26 Å². The third kappa shape index (κ3) is 3.08. The Morgan fingerprint density at radius 1 is 1.24 bits per heavy atom. The van der Waals surface area contributed by atoms with Crippen molar-refractivity contribution in [3.8, 4) is 6.07 Å². The lowest BCUT2D eigenvalue weighted by atomic mass is 9.70. The highest BCUT2D eigenvalue weighted by atomic mass is 15.0. The van der Waals surface area contributed by atoms with Gasteiger partial charge >= 0.3 is 0 Å². The van der Waals surface area contributed by atoms with Gasteiger partial charge in [-0.3, -0.25) is 0 Å². The summed E-state index contributed by atoms with van der Waals surface area (Å²) in [6.07, 6.45) is 0.873. The first-order chi connectivity index (χ1) is 8.03. The Balaban J connectivity index is 3.06. The molecule has 2 nitrogen and oxygen atoms in total. The van der Waals surface area contributed by atoms with Gasteiger partial charge in [0.25, 0.3) is 0 Å². The van der Waals surface area contributed by atoms with E-state index in [0.29, 0.717) is 5.92 Å². The van der Waals surface area contributed by atoms with Gasteiger partial charge in [0.2, 0.25) is 0 Å². The van der Waals surface area contributed by atoms with Gasteiger partial charge in [-0.25, -0.2) is 0 Å². The van der Waals surface area contributed by atoms with Gasteiger partial charge in [0.1, 0.15) is 0 Å². The second kappa shape index (κ2) is 5.84. The van der Waals surface area contributed by atoms with E-state index >= 15 is 0 Å². The molecule has 0 fully saturated rings. The van der Waals surface area contributed by atoms with Crippen LogP contribution >= 0.6 is 0 Å². The molecule has 1 rings (SSSR count). The van der Waals surface area contributed by atoms with E-state index in [2.05, 4.69) is 36.9 Å². The molecule has 0 amide bonds. The Morgan fingerprint density at radius 3 is 2.24 bits per heavy atom. The average Bonchev–Trinajstić information content (AvgIpc) is 2.31. The van der Waals surface area contributed by atoms with Gasteiger partial charge in [0.05, 0.1) is 11.5 Å². The summed E-state index contributed by atoms with van der Waals surface area (Å²) in [5.74, 6) is 0.315. The zero-order valence-electron chi connectivity index (χ0n) is 11.3. The molecule has 0 aliphatic rings. The molecule has 0 aromatic heterocycles. The Morgan fingerprint density at radius 2 is 1.82 bits per heavy atom. The SMILES string of the molecule is CC(C)[C@@](C#N)(CCN(C)C)c1ccccc1. The van der Waals surface area contributed by atoms with Crippen molar-refractivity contribution in [1.82, 2.24) is 4.90 Å². The number of hydrogen-bond acceptors (Lipinski definition) is 2. The van der Waals surface area contributed by atoms with Crippen molar-refractivity contribution in [2.45, 2.75) is 25.7 Å². The van der Waals surface area contributed by atoms with Crippen LogP contribution in [0.25, 0.3) is 0 Å². The molecule has 2 heteroatoms. The van der Waals surface area contributed by atoms with E-state index in [-0.39, 0.29) is 5.41 Å². The lowest BCUT2D eigenvalue weighted by Gasteiger charge is -2.32. The van der Waals surface area contributed by atoms with Crippen LogP contribution in [-0.4, -0.2) is 25.5 Å². The molecule has 0 unspecified atom stereocenters. The minimum Gasteiger partial charge on any atom is -0.309 e. The van der Waals surface area contributed by atoms with Gasteiger partial charge in [0.15, 0.2) is 0 Å². The van der Waals surface area contributed by atoms with Crippen LogP contribution in [0.15, 0.2) is 30.3 Å². The minimum atomic E-state index is -0.370. The first-order valence-electron chi connectivity index (χ1n) is 6.14. The summed E-state index contributed by atoms with van der Waals surface area (Å²) in [4.78, 5) is 2.14. The third-order valence-electron chi connectivity index (χ3n) is 3.43. The average molecular weight is 230 g/mol. The van der Waals surface area contributed by atoms with Crippen LogP contribution in [0.3, 0.4) is 0 Å². The number of nitrogens with zero attached hydrogens (tertiary/aromatic N) is 2. The monoisotopic (exact) mass is 230 g/mol. The Hall–Kier alpha value is -1.33. The van der Waals surface area contributed by atoms with E-state index in [1.807, 2.05) is 32.3 Å². The second-order valence-electron chi connectivity index (χ2n) is 5.16. The van der Waals surface area contributed by atoms with Crippen LogP contribution in [0.2, 0.25) is 0 Å². The fourth-order valence-corrected chi connectivity index (χ4v) is 2.15. The first kappa shape index (κ1) is 13.7. The highest BCUT2D eigenvalue weighted by Gasteiger charge is 2.35. The molecule has 0 saturated carbocycles. The van der Waals surface area contributed by atoms with Crippen LogP contribution < -0.4 is 0 Å². The van der Waals surface area contributed by atoms with Crippen LogP contribution in [0, 0.1) is 17.2 Å². The smallest absolute Gasteiger partial charge is 0.0857 e. The maximum Gasteiger partial charge on any atom is 0.0857 e. The molecule has 0 N–H and O–H groups in total. The summed E-state index contributed by atoms with van der Waals surface area (Å²) in [6, 6.07) is 12.7. The van der Waals surface area contributed by atoms with Crippen LogP contribution in [0.4, 0.5) is 0 Å². The normalized spacial score (nSPS) is 14.6. The summed E-state index contributed by atoms with van der Waals surface area (Å²) >= 11 is 0. The summed E-state index contributed by atoms with van der Waals surface area (Å²) in [5, 5.41) is 9.64. The molecular formula is C15H22N2. The van der Waals surface area contributed by atoms with Crippen LogP contribution in [0.1, 0.15) is 25.8 Å². The van der Waals surface area contributed by atoms with E-state index in [4.69, 9.17) is 0 Å². The van der Waals surface area contributed by atoms with Crippen molar-refractivity contribution >= 4 is 0 Å². The second-order valence-corrected chi connectivity index (χ2v) is 5.16. The Kier molecular flexibility index (Phi) is 4.72. The first-order valence-corrected chi connectivity index (χ1v) is 6.14. The summed E-state index contributed by atoms with van der Waals surface area (Å²) in [7, 11) is 4.10. The van der Waals surface area contributed by atoms with Crippen LogP contribution in [-0.2, 0) is 5.41 Å². The van der Waals surface area contributed by atoms with Gasteiger partial charge in [-0.1, -0.05) is 44.2 Å². The predicted molar refractivity (Wildman–Crippen MR) is 71.7 cm³/mol. The highest BCUT2D eigenvalue weighted by molar-refractivity contribution is 5.33. The third-order valence-corrected chi connectivity index (χ3v) is 3.43. The standard InChI is InChI=1S/C15H22N2/c1-13(2)15(12-16,10-11-17(3)4)14-8-6-5-7-9-14/h5-9,13H,10-11H2,1-4H3/t15-/m0/s1. The molecule has 92 valence electrons. The molecule has 0 aliphatic carbocycles. The largest absolute Gasteiger partial charge is 0.309 e. The van der Waals surface area contributed by atoms with Gasteiger partial charge in [-0.2, -0.15) is 5.26 Å². The van der Waals surface area contributed by atoms with Gasteiger partial charge < -0.3 is 4.90 Å². The molecule has 0 bridgehead atoms. The van der Waals surface area contributed by atoms with E-state index in [0.717, 1.165) is 18.5 Å². The topological polar surface area (TPSA) is 27.0 Å². The fraction of sp³-hybridized carbons (Fsp3) is 0.533. The predicted octanol–water partition coefficient (Wildman–Crippen LogP) is 3.06. The maximum atomic E-state index is 9.64. The number of benzene rings is 1. The number of rotatable bonds is 5. The molecule has 1 atom stereocenters. The van der Waals surface area contributed by atoms with Gasteiger partial charge in [-0.15, -0.1) is 0 Å². The van der Waals surface area contributed by atoms with Gasteiger partial charge in [-0.05, 0) is 38.5 Å². The van der Waals surface area contributed by atoms with Crippen molar-refractivity contribution in [2.24, 2.45) is 5.92 Å². The Labute approximate surface area is 105 Å². The quantitative estimate of drug-likeness (QED) is 0.777. The van der Waals surface area contributed by atoms with Crippen molar-refractivity contribution in [1.29, 1.82) is 5.26 Å². The molecule has 1 aromatic rings. The lowest BCUT2D eigenvalue weighted by Crippen LogP contribution is -2.34. The maximum absolute atomic E-state index is 9.64. The van der Waals surface area contributed by atoms with Gasteiger partial charge in [0, 0.05) is 0 Å². The fourth-order valence-electron chi connectivity index (χ4n) is 2.15. The van der Waals surface area contributed by atoms with Crippen molar-refractivity contribution in [3.05, 3.63) is 35.9 Å². The zero-order chi connectivity index (χ0) is 12.9. The molecule has 1 aromatic carbocycles. The van der Waals surface area contributed by atoms with E-state index in [1.165, 1.54) is 0 Å². The van der Waals surface area contributed by atoms with Crippen molar-refractivity contribution in [2.75, 3.05) is 20.6 Å². The molecule has 17 heavy (non-hydrogen) atoms. The van der Waals surface area contributed by atoms with E-state index < -0.39 is 0 Å². The van der Waals surface area contributed by atoms with Crippen LogP contribution in [0.5, 0.6) is 0 Å². The summed E-state index contributed by atoms with van der Waals surface area (Å²) in [6.45, 7) is 5.19. The number of nitriles is 1. The highest BCUT2D eigenvalue weighted by Crippen LogP contribution is 2.35. The minimum absolute atomic E-state index is 0.315. The zero-order valence-corrected chi connectivity index (χ0v) is 11.3. The molecule has 0 spiro atoms. The van der Waals surface area contributed by atoms with Crippen molar-refractivity contribution < 1.29 is 0 Å².